The smallest absolute Gasteiger partial charge is 0.242 e. The first-order chi connectivity index (χ1) is 19.2. The monoisotopic (exact) mass is 547 g/mol. The summed E-state index contributed by atoms with van der Waals surface area (Å²) in [4.78, 5) is 32.0. The molecular weight excluding hydrogens is 506 g/mol. The van der Waals surface area contributed by atoms with Crippen LogP contribution < -0.4 is 24.4 Å². The average Bonchev–Trinajstić information content (AvgIpc) is 3.05. The number of fused-ring (bicyclic) bond motifs is 1. The van der Waals surface area contributed by atoms with Crippen molar-refractivity contribution in [3.63, 3.8) is 0 Å². The molecule has 2 heterocycles. The molecule has 1 amide bonds. The minimum absolute atomic E-state index is 0.0615. The topological polar surface area (TPSA) is 80.3 Å². The van der Waals surface area contributed by atoms with Crippen molar-refractivity contribution in [1.29, 1.82) is 0 Å². The summed E-state index contributed by atoms with van der Waals surface area (Å²) in [5, 5.41) is 3.62. The van der Waals surface area contributed by atoms with Crippen molar-refractivity contribution in [1.82, 2.24) is 4.90 Å². The number of allylic oxidation sites excluding steroid dienone is 1. The Hall–Kier alpha value is -3.68. The lowest BCUT2D eigenvalue weighted by molar-refractivity contribution is -0.131. The SMILES string of the molecule is COc1cc(C2C3=C(CC(C)(C)CC3=O)Nc3ccccc3N2CC(=O)N2CCCC(C)C2)cc(OC)c1OC. The quantitative estimate of drug-likeness (QED) is 0.505. The summed E-state index contributed by atoms with van der Waals surface area (Å²) in [6.45, 7) is 8.10. The number of anilines is 2. The molecule has 2 aromatic carbocycles. The Morgan fingerprint density at radius 2 is 1.75 bits per heavy atom. The zero-order chi connectivity index (χ0) is 28.6. The van der Waals surface area contributed by atoms with Crippen molar-refractivity contribution in [2.75, 3.05) is 51.2 Å². The lowest BCUT2D eigenvalue weighted by atomic mass is 9.73. The van der Waals surface area contributed by atoms with Crippen LogP contribution in [-0.2, 0) is 9.59 Å². The van der Waals surface area contributed by atoms with E-state index in [4.69, 9.17) is 14.2 Å². The highest BCUT2D eigenvalue weighted by atomic mass is 16.5. The molecule has 2 unspecified atom stereocenters. The maximum Gasteiger partial charge on any atom is 0.242 e. The first-order valence-electron chi connectivity index (χ1n) is 14.1. The number of carbonyl (C=O) groups excluding carboxylic acids is 2. The van der Waals surface area contributed by atoms with Gasteiger partial charge in [-0.2, -0.15) is 0 Å². The molecule has 1 N–H and O–H groups in total. The standard InChI is InChI=1S/C32H41N3O5/c1-20-10-9-13-34(18-20)28(37)19-35-24-12-8-7-11-22(24)33-23-16-32(2,3)17-25(36)29(23)30(35)21-14-26(38-4)31(40-6)27(15-21)39-5/h7-8,11-12,14-15,20,30,33H,9-10,13,16-19H2,1-6H3. The Kier molecular flexibility index (Phi) is 7.71. The third-order valence-electron chi connectivity index (χ3n) is 8.32. The van der Waals surface area contributed by atoms with Gasteiger partial charge in [0.05, 0.1) is 45.3 Å². The van der Waals surface area contributed by atoms with E-state index in [-0.39, 0.29) is 23.7 Å². The van der Waals surface area contributed by atoms with Crippen molar-refractivity contribution in [3.8, 4) is 17.2 Å². The fraction of sp³-hybridized carbons (Fsp3) is 0.500. The second-order valence-electron chi connectivity index (χ2n) is 12.1. The molecule has 0 radical (unpaired) electrons. The molecule has 0 bridgehead atoms. The van der Waals surface area contributed by atoms with Crippen LogP contribution in [0.3, 0.4) is 0 Å². The molecule has 8 heteroatoms. The summed E-state index contributed by atoms with van der Waals surface area (Å²) >= 11 is 0. The van der Waals surface area contributed by atoms with Gasteiger partial charge in [0.15, 0.2) is 17.3 Å². The second kappa shape index (κ2) is 11.1. The lowest BCUT2D eigenvalue weighted by Gasteiger charge is -2.39. The van der Waals surface area contributed by atoms with Crippen LogP contribution in [0, 0.1) is 11.3 Å². The molecule has 3 aliphatic rings. The number of Topliss-reactive ketones (excluding diaryl/α,β-unsaturated/α-hetero) is 1. The van der Waals surface area contributed by atoms with Crippen molar-refractivity contribution < 1.29 is 23.8 Å². The predicted molar refractivity (Wildman–Crippen MR) is 156 cm³/mol. The van der Waals surface area contributed by atoms with Crippen LogP contribution in [0.15, 0.2) is 47.7 Å². The average molecular weight is 548 g/mol. The van der Waals surface area contributed by atoms with Crippen LogP contribution in [0.4, 0.5) is 11.4 Å². The van der Waals surface area contributed by atoms with Gasteiger partial charge in [0.25, 0.3) is 0 Å². The number of benzene rings is 2. The van der Waals surface area contributed by atoms with Gasteiger partial charge in [0, 0.05) is 30.8 Å². The molecule has 8 nitrogen and oxygen atoms in total. The number of carbonyl (C=O) groups is 2. The number of rotatable bonds is 6. The van der Waals surface area contributed by atoms with E-state index in [1.807, 2.05) is 41.3 Å². The molecule has 2 atom stereocenters. The minimum atomic E-state index is -0.533. The van der Waals surface area contributed by atoms with Gasteiger partial charge in [0.2, 0.25) is 11.7 Å². The van der Waals surface area contributed by atoms with Gasteiger partial charge in [-0.3, -0.25) is 9.59 Å². The highest BCUT2D eigenvalue weighted by Crippen LogP contribution is 2.50. The van der Waals surface area contributed by atoms with E-state index in [1.165, 1.54) is 0 Å². The summed E-state index contributed by atoms with van der Waals surface area (Å²) in [5.74, 6) is 2.10. The first-order valence-corrected chi connectivity index (χ1v) is 14.1. The zero-order valence-electron chi connectivity index (χ0n) is 24.5. The fourth-order valence-corrected chi connectivity index (χ4v) is 6.49. The molecule has 2 aliphatic heterocycles. The molecule has 2 aromatic rings. The van der Waals surface area contributed by atoms with E-state index in [2.05, 4.69) is 31.0 Å². The van der Waals surface area contributed by atoms with Gasteiger partial charge in [-0.1, -0.05) is 32.9 Å². The number of hydrogen-bond acceptors (Lipinski definition) is 7. The van der Waals surface area contributed by atoms with Crippen LogP contribution >= 0.6 is 0 Å². The number of nitrogens with zero attached hydrogens (tertiary/aromatic N) is 2. The Morgan fingerprint density at radius 3 is 2.40 bits per heavy atom. The number of ether oxygens (including phenoxy) is 3. The molecule has 214 valence electrons. The van der Waals surface area contributed by atoms with Crippen LogP contribution in [0.1, 0.15) is 58.1 Å². The highest BCUT2D eigenvalue weighted by Gasteiger charge is 2.43. The van der Waals surface area contributed by atoms with Gasteiger partial charge in [0.1, 0.15) is 0 Å². The van der Waals surface area contributed by atoms with E-state index in [0.717, 1.165) is 55.0 Å². The molecule has 0 saturated carbocycles. The first kappa shape index (κ1) is 27.9. The van der Waals surface area contributed by atoms with Crippen LogP contribution in [0.25, 0.3) is 0 Å². The largest absolute Gasteiger partial charge is 0.493 e. The van der Waals surface area contributed by atoms with Crippen molar-refractivity contribution in [2.24, 2.45) is 11.3 Å². The van der Waals surface area contributed by atoms with Crippen molar-refractivity contribution >= 4 is 23.1 Å². The Bertz CT molecular complexity index is 1310. The van der Waals surface area contributed by atoms with Crippen molar-refractivity contribution in [2.45, 2.75) is 52.5 Å². The third-order valence-corrected chi connectivity index (χ3v) is 8.32. The Morgan fingerprint density at radius 1 is 1.05 bits per heavy atom. The maximum absolute atomic E-state index is 14.0. The molecule has 1 saturated heterocycles. The van der Waals surface area contributed by atoms with E-state index >= 15 is 0 Å². The van der Waals surface area contributed by atoms with E-state index in [0.29, 0.717) is 35.2 Å². The Balaban J connectivity index is 1.72. The molecule has 0 spiro atoms. The molecular formula is C32H41N3O5. The molecule has 0 aromatic heterocycles. The van der Waals surface area contributed by atoms with E-state index in [1.54, 1.807) is 21.3 Å². The number of amides is 1. The maximum atomic E-state index is 14.0. The second-order valence-corrected chi connectivity index (χ2v) is 12.1. The lowest BCUT2D eigenvalue weighted by Crippen LogP contribution is -2.46. The number of likely N-dealkylation sites (tertiary alicyclic amines) is 1. The number of ketones is 1. The highest BCUT2D eigenvalue weighted by molar-refractivity contribution is 6.02. The number of methoxy groups -OCH3 is 3. The molecule has 1 aliphatic carbocycles. The minimum Gasteiger partial charge on any atom is -0.493 e. The summed E-state index contributed by atoms with van der Waals surface area (Å²) in [6, 6.07) is 11.3. The molecule has 1 fully saturated rings. The summed E-state index contributed by atoms with van der Waals surface area (Å²) in [7, 11) is 4.75. The van der Waals surface area contributed by atoms with E-state index in [9.17, 15) is 9.59 Å². The molecule has 5 rings (SSSR count). The third kappa shape index (κ3) is 5.23. The summed E-state index contributed by atoms with van der Waals surface area (Å²) in [5.41, 5.74) is 3.95. The van der Waals surface area contributed by atoms with E-state index < -0.39 is 6.04 Å². The van der Waals surface area contributed by atoms with Gasteiger partial charge in [-0.15, -0.1) is 0 Å². The van der Waals surface area contributed by atoms with Crippen molar-refractivity contribution in [3.05, 3.63) is 53.2 Å². The number of piperidine rings is 1. The van der Waals surface area contributed by atoms with Gasteiger partial charge >= 0.3 is 0 Å². The fourth-order valence-electron chi connectivity index (χ4n) is 6.49. The predicted octanol–water partition coefficient (Wildman–Crippen LogP) is 5.59. The van der Waals surface area contributed by atoms with Crippen LogP contribution in [-0.4, -0.2) is 57.6 Å². The Labute approximate surface area is 237 Å². The van der Waals surface area contributed by atoms with Gasteiger partial charge < -0.3 is 29.3 Å². The van der Waals surface area contributed by atoms with Crippen LogP contribution in [0.5, 0.6) is 17.2 Å². The van der Waals surface area contributed by atoms with Gasteiger partial charge in [-0.05, 0) is 60.4 Å². The summed E-state index contributed by atoms with van der Waals surface area (Å²) < 4.78 is 17.0. The zero-order valence-corrected chi connectivity index (χ0v) is 24.5. The van der Waals surface area contributed by atoms with Gasteiger partial charge in [-0.25, -0.2) is 0 Å². The summed E-state index contributed by atoms with van der Waals surface area (Å²) in [6.07, 6.45) is 3.28. The number of nitrogens with one attached hydrogen (secondary N) is 1. The number of para-hydroxylation sites is 2. The number of hydrogen-bond donors (Lipinski definition) is 1. The molecule has 40 heavy (non-hydrogen) atoms. The van der Waals surface area contributed by atoms with Crippen LogP contribution in [0.2, 0.25) is 0 Å². The normalized spacial score (nSPS) is 22.1.